The molecule has 6 unspecified atom stereocenters. The number of carbonyl (C=O) groups excluding carboxylic acids is 6. The predicted molar refractivity (Wildman–Crippen MR) is 608 cm³/mol. The van der Waals surface area contributed by atoms with Crippen LogP contribution in [0.3, 0.4) is 0 Å². The molecule has 18 nitrogen and oxygen atoms in total. The molecule has 0 aromatic carbocycles. The Kier molecular flexibility index (Phi) is 114. The number of carboxylic acid groups (broad SMARTS) is 6. The van der Waals surface area contributed by atoms with Gasteiger partial charge in [-0.05, 0) is 181 Å². The van der Waals surface area contributed by atoms with Crippen molar-refractivity contribution in [2.24, 2.45) is 104 Å². The molecular formula is C122H240O18S2Sn2-6. The molecule has 0 aliphatic carbocycles. The molecule has 0 fully saturated rings. The van der Waals surface area contributed by atoms with Gasteiger partial charge in [0, 0.05) is 0 Å². The van der Waals surface area contributed by atoms with Gasteiger partial charge in [-0.3, -0.25) is 0 Å². The van der Waals surface area contributed by atoms with Gasteiger partial charge in [-0.2, -0.15) is 0 Å². The number of hydrogen-bond acceptors (Lipinski definition) is 18. The van der Waals surface area contributed by atoms with Crippen LogP contribution in [-0.4, -0.2) is 148 Å². The second kappa shape index (κ2) is 101. The predicted octanol–water partition coefficient (Wildman–Crippen LogP) is 26.3. The van der Waals surface area contributed by atoms with Gasteiger partial charge in [0.05, 0.1) is 72.4 Å². The summed E-state index contributed by atoms with van der Waals surface area (Å²) in [7, 11) is 0. The van der Waals surface area contributed by atoms with Crippen LogP contribution >= 0.6 is 0 Å². The number of hydrogen-bond donors (Lipinski definition) is 6. The van der Waals surface area contributed by atoms with Crippen molar-refractivity contribution in [1.82, 2.24) is 0 Å². The Labute approximate surface area is 933 Å². The molecular weight excluding hydrogens is 2050 g/mol. The van der Waals surface area contributed by atoms with E-state index in [-0.39, 0.29) is 27.0 Å². The Morgan fingerprint density at radius 2 is 0.222 bits per heavy atom. The molecule has 0 rings (SSSR count). The third kappa shape index (κ3) is 99.0. The van der Waals surface area contributed by atoms with Gasteiger partial charge in [-0.1, -0.05) is 516 Å². The minimum Gasteiger partial charge on any atom is -2.00 e. The van der Waals surface area contributed by atoms with Crippen molar-refractivity contribution in [3.63, 3.8) is 0 Å². The first-order chi connectivity index (χ1) is 66.1. The molecule has 0 bridgehead atoms. The van der Waals surface area contributed by atoms with Gasteiger partial charge in [0.15, 0.2) is 0 Å². The molecule has 144 heavy (non-hydrogen) atoms. The van der Waals surface area contributed by atoms with E-state index in [1.165, 1.54) is 154 Å². The summed E-state index contributed by atoms with van der Waals surface area (Å²) in [6.45, 7) is 64.9. The zero-order valence-corrected chi connectivity index (χ0v) is 108. The molecule has 0 aliphatic rings. The van der Waals surface area contributed by atoms with Crippen LogP contribution in [0, 0.1) is 104 Å². The quantitative estimate of drug-likeness (QED) is 0.0243. The zero-order chi connectivity index (χ0) is 111. The van der Waals surface area contributed by atoms with Crippen LogP contribution in [0.4, 0.5) is 0 Å². The van der Waals surface area contributed by atoms with Gasteiger partial charge in [-0.15, -0.1) is 0 Å². The van der Waals surface area contributed by atoms with E-state index in [4.69, 9.17) is 0 Å². The maximum absolute atomic E-state index is 11.1. The average Bonchev–Trinajstić information content (AvgIpc) is 0.875. The second-order valence-electron chi connectivity index (χ2n) is 50.2. The standard InChI is InChI=1S/6C20H40O3.2CH3.2S.2Sn/c6*1-16(2)12-8-6-10-14-20(5,18(21)19(22)23)15-11-7-9-13-17(3)4;;;;;;/h6*16-18,21H,6-15H2,1-5H3,(H,22,23);2*1H3;;;;/q;;;;;;;;2*-2;2*+2/p-6. The Bertz CT molecular complexity index is 2260. The summed E-state index contributed by atoms with van der Waals surface area (Å²) >= 11 is 3.10. The second-order valence-corrected chi connectivity index (χ2v) is 50.2. The average molecular weight is 2300 g/mol. The third-order valence-corrected chi connectivity index (χ3v) is 29.7. The van der Waals surface area contributed by atoms with Crippen LogP contribution in [0.1, 0.15) is 593 Å². The monoisotopic (exact) mass is 2300 g/mol. The summed E-state index contributed by atoms with van der Waals surface area (Å²) in [5.74, 6) is 0.690. The molecule has 6 atom stereocenters. The summed E-state index contributed by atoms with van der Waals surface area (Å²) < 4.78 is 0. The zero-order valence-electron chi connectivity index (χ0n) is 100. The maximum atomic E-state index is 11.1. The fourth-order valence-electron chi connectivity index (χ4n) is 19.2. The van der Waals surface area contributed by atoms with E-state index in [0.717, 1.165) is 302 Å². The Hall–Kier alpha value is -1.12. The largest absolute Gasteiger partial charge is 2.00 e. The van der Waals surface area contributed by atoms with Crippen molar-refractivity contribution >= 4 is 108 Å². The first-order valence-corrected chi connectivity index (χ1v) is 64.2. The van der Waals surface area contributed by atoms with Gasteiger partial charge < -0.3 is 117 Å². The van der Waals surface area contributed by atoms with Gasteiger partial charge in [-0.25, -0.2) is 0 Å². The van der Waals surface area contributed by atoms with Crippen LogP contribution in [0.15, 0.2) is 0 Å². The van der Waals surface area contributed by atoms with Gasteiger partial charge >= 0.3 is 54.9 Å². The Balaban J connectivity index is -0.000000185. The van der Waals surface area contributed by atoms with Gasteiger partial charge in [0.25, 0.3) is 0 Å². The number of aliphatic carboxylic acids is 6. The molecule has 0 aromatic heterocycles. The van der Waals surface area contributed by atoms with E-state index in [2.05, 4.69) is 176 Å². The van der Waals surface area contributed by atoms with Gasteiger partial charge in [0.2, 0.25) is 0 Å². The first-order valence-electron chi connectivity index (χ1n) is 58.5. The molecule has 2 radical (unpaired) electrons. The van der Waals surface area contributed by atoms with E-state index in [0.29, 0.717) is 0 Å². The summed E-state index contributed by atoms with van der Waals surface area (Å²) in [5.41, 5.74) is -3.28. The van der Waals surface area contributed by atoms with Crippen molar-refractivity contribution in [3.8, 4) is 0 Å². The van der Waals surface area contributed by atoms with Crippen LogP contribution in [-0.2, 0) is 55.8 Å². The van der Waals surface area contributed by atoms with E-state index in [1.807, 2.05) is 41.5 Å². The van der Waals surface area contributed by atoms with E-state index >= 15 is 0 Å². The van der Waals surface area contributed by atoms with Crippen molar-refractivity contribution in [2.75, 3.05) is 0 Å². The topological polar surface area (TPSA) is 362 Å². The summed E-state index contributed by atoms with van der Waals surface area (Å²) in [5, 5.41) is 127. The molecule has 22 heteroatoms. The summed E-state index contributed by atoms with van der Waals surface area (Å²) in [6.07, 6.45) is 55.1. The number of unbranched alkanes of at least 4 members (excludes halogenated alkanes) is 24. The van der Waals surface area contributed by atoms with Crippen molar-refractivity contribution in [2.45, 2.75) is 639 Å². The Morgan fingerprint density at radius 1 is 0.160 bits per heavy atom. The minimum absolute atomic E-state index is 0. The molecule has 0 aliphatic heterocycles. The first kappa shape index (κ1) is 163. The molecule has 0 spiro atoms. The minimum atomic E-state index is -1.35. The van der Waals surface area contributed by atoms with Crippen molar-refractivity contribution < 1.29 is 90.0 Å². The van der Waals surface area contributed by atoms with E-state index in [9.17, 15) is 90.0 Å². The molecule has 862 valence electrons. The fraction of sp³-hybridized carbons (Fsp3) is 0.951. The fourth-order valence-corrected chi connectivity index (χ4v) is 19.2. The van der Waals surface area contributed by atoms with Gasteiger partial charge in [0.1, 0.15) is 0 Å². The van der Waals surface area contributed by atoms with E-state index < -0.39 is 105 Å². The number of carbonyl (C=O) groups is 6. The molecule has 0 heterocycles. The summed E-state index contributed by atoms with van der Waals surface area (Å²) in [4.78, 5) is 71.0. The van der Waals surface area contributed by atoms with Crippen LogP contribution in [0.5, 0.6) is 0 Å². The Morgan fingerprint density at radius 3 is 0.271 bits per heavy atom. The molecule has 0 aromatic rings. The molecule has 6 N–H and O–H groups in total. The van der Waals surface area contributed by atoms with Crippen molar-refractivity contribution in [3.05, 3.63) is 0 Å². The number of carboxylic acids is 6. The normalized spacial score (nSPS) is 13.2. The third-order valence-electron chi connectivity index (χ3n) is 29.7. The number of aliphatic hydroxyl groups is 6. The van der Waals surface area contributed by atoms with Crippen LogP contribution < -0.4 is 30.6 Å². The molecule has 0 saturated heterocycles. The van der Waals surface area contributed by atoms with E-state index in [1.54, 1.807) is 45.0 Å². The van der Waals surface area contributed by atoms with Crippen LogP contribution in [0.2, 0.25) is 9.88 Å². The smallest absolute Gasteiger partial charge is 2.00 e. The SMILES string of the molecule is CC(C)CCCCCC(C)(CCCCCC(C)C)C(O)C(=O)[O-].CC(C)CCCCCC(C)(CCCCCC(C)C)C(O)C(=O)[O-].CC(C)CCCCCC(C)(CCCCCC(C)C)C(O)C(=O)[O-].CC(C)CCCCCC(C)(CCCCCC(C)C)C(O)C(=O)[O-].CC(C)CCCCCC(C)(CCCCCC(C)C)C(O)C(=O)[O-].CC(C)CCCCCC(C)(CCCCCC(C)C)C(O)C(=O)[O-].[CH3][Sn+2].[CH3][Sn+2].[S-2].[S-2]. The molecule has 0 saturated carbocycles. The number of aliphatic hydroxyl groups excluding tert-OH is 6. The summed E-state index contributed by atoms with van der Waals surface area (Å²) in [6, 6.07) is 0. The van der Waals surface area contributed by atoms with Crippen LogP contribution in [0.25, 0.3) is 0 Å². The van der Waals surface area contributed by atoms with Crippen molar-refractivity contribution in [1.29, 1.82) is 0 Å². The maximum Gasteiger partial charge on any atom is -2.00 e. The molecule has 0 amide bonds. The number of rotatable bonds is 84.